The van der Waals surface area contributed by atoms with Gasteiger partial charge in [-0.15, -0.1) is 0 Å². The molecule has 68 valence electrons. The molecule has 0 saturated carbocycles. The van der Waals surface area contributed by atoms with Gasteiger partial charge in [0.1, 0.15) is 0 Å². The van der Waals surface area contributed by atoms with Crippen LogP contribution in [0.4, 0.5) is 17.6 Å². The molecule has 0 fully saturated rings. The van der Waals surface area contributed by atoms with E-state index in [1.807, 2.05) is 0 Å². The van der Waals surface area contributed by atoms with Crippen molar-refractivity contribution in [2.45, 2.75) is 10.8 Å². The maximum Gasteiger partial charge on any atom is 0.409 e. The quantitative estimate of drug-likeness (QED) is 0.457. The third-order valence-corrected chi connectivity index (χ3v) is 2.15. The highest BCUT2D eigenvalue weighted by molar-refractivity contribution is 7.93. The Balaban J connectivity index is 5.11. The molecule has 0 aliphatic rings. The summed E-state index contributed by atoms with van der Waals surface area (Å²) in [6.45, 7) is 0. The molecule has 11 heavy (non-hydrogen) atoms. The Morgan fingerprint density at radius 1 is 0.909 bits per heavy atom. The van der Waals surface area contributed by atoms with E-state index in [0.29, 0.717) is 0 Å². The third kappa shape index (κ3) is 1.79. The number of halogens is 4. The van der Waals surface area contributed by atoms with Crippen molar-refractivity contribution in [2.75, 3.05) is 0 Å². The Kier molecular flexibility index (Phi) is 2.20. The fourth-order valence-electron chi connectivity index (χ4n) is 0.181. The van der Waals surface area contributed by atoms with E-state index in [2.05, 4.69) is 11.5 Å². The highest BCUT2D eigenvalue weighted by Crippen LogP contribution is 2.26. The van der Waals surface area contributed by atoms with Crippen molar-refractivity contribution in [1.29, 1.82) is 0 Å². The minimum Gasteiger partial charge on any atom is -0.258 e. The van der Waals surface area contributed by atoms with Crippen LogP contribution >= 0.6 is 0 Å². The molecule has 0 aliphatic carbocycles. The van der Waals surface area contributed by atoms with Crippen LogP contribution in [0.2, 0.25) is 0 Å². The molecule has 9 heteroatoms. The molecule has 0 spiro atoms. The Hall–Kier alpha value is -0.410. The molecule has 0 rings (SSSR count). The molecule has 0 amide bonds. The van der Waals surface area contributed by atoms with Crippen LogP contribution in [-0.4, -0.2) is 19.2 Å². The number of hydrogen-bond acceptors (Lipinski definition) is 4. The molecule has 0 aliphatic heterocycles. The largest absolute Gasteiger partial charge is 0.409 e. The lowest BCUT2D eigenvalue weighted by Crippen LogP contribution is -2.52. The summed E-state index contributed by atoms with van der Waals surface area (Å²) in [7, 11) is -6.12. The van der Waals surface area contributed by atoms with Gasteiger partial charge >= 0.3 is 20.6 Å². The van der Waals surface area contributed by atoms with E-state index in [1.165, 1.54) is 0 Å². The molecule has 0 heterocycles. The first-order valence-corrected chi connectivity index (χ1v) is 3.56. The number of rotatable bonds is 2. The SMILES string of the molecule is NC(F)(F)S(=O)(=O)C(N)(F)F. The van der Waals surface area contributed by atoms with Gasteiger partial charge in [-0.1, -0.05) is 0 Å². The smallest absolute Gasteiger partial charge is 0.258 e. The normalized spacial score (nSPS) is 15.1. The average molecular weight is 196 g/mol. The van der Waals surface area contributed by atoms with E-state index in [1.54, 1.807) is 0 Å². The summed E-state index contributed by atoms with van der Waals surface area (Å²) in [5.41, 5.74) is 7.24. The van der Waals surface area contributed by atoms with E-state index in [4.69, 9.17) is 0 Å². The van der Waals surface area contributed by atoms with E-state index in [9.17, 15) is 26.0 Å². The minimum atomic E-state index is -6.12. The van der Waals surface area contributed by atoms with E-state index in [0.717, 1.165) is 0 Å². The van der Waals surface area contributed by atoms with Crippen LogP contribution < -0.4 is 11.5 Å². The van der Waals surface area contributed by atoms with Gasteiger partial charge in [0.15, 0.2) is 0 Å². The van der Waals surface area contributed by atoms with Crippen molar-refractivity contribution in [1.82, 2.24) is 0 Å². The summed E-state index contributed by atoms with van der Waals surface area (Å²) < 4.78 is 66.4. The molecule has 0 aromatic heterocycles. The first kappa shape index (κ1) is 10.6. The number of hydrogen-bond donors (Lipinski definition) is 2. The van der Waals surface area contributed by atoms with Crippen molar-refractivity contribution in [3.8, 4) is 0 Å². The summed E-state index contributed by atoms with van der Waals surface area (Å²) in [5.74, 6) is 0. The Labute approximate surface area is 59.1 Å². The molecule has 4 nitrogen and oxygen atoms in total. The maximum atomic E-state index is 11.6. The topological polar surface area (TPSA) is 86.2 Å². The summed E-state index contributed by atoms with van der Waals surface area (Å²) in [6, 6.07) is 0. The maximum absolute atomic E-state index is 11.6. The van der Waals surface area contributed by atoms with Crippen LogP contribution in [0.15, 0.2) is 0 Å². The van der Waals surface area contributed by atoms with Gasteiger partial charge in [-0.3, -0.25) is 11.5 Å². The highest BCUT2D eigenvalue weighted by Gasteiger charge is 2.56. The zero-order valence-electron chi connectivity index (χ0n) is 4.89. The second-order valence-corrected chi connectivity index (χ2v) is 3.72. The monoisotopic (exact) mass is 196 g/mol. The van der Waals surface area contributed by atoms with Crippen molar-refractivity contribution in [2.24, 2.45) is 11.5 Å². The lowest BCUT2D eigenvalue weighted by molar-refractivity contribution is 0.0522. The molecule has 0 aromatic rings. The molecular formula is C2H4F4N2O2S. The van der Waals surface area contributed by atoms with Gasteiger partial charge in [0.2, 0.25) is 0 Å². The predicted octanol–water partition coefficient (Wildman–Crippen LogP) is -0.581. The van der Waals surface area contributed by atoms with Crippen LogP contribution in [0.25, 0.3) is 0 Å². The van der Waals surface area contributed by atoms with Gasteiger partial charge in [-0.05, 0) is 0 Å². The molecular weight excluding hydrogens is 192 g/mol. The van der Waals surface area contributed by atoms with E-state index in [-0.39, 0.29) is 0 Å². The third-order valence-electron chi connectivity index (χ3n) is 0.717. The molecule has 0 bridgehead atoms. The van der Waals surface area contributed by atoms with Crippen molar-refractivity contribution in [3.63, 3.8) is 0 Å². The van der Waals surface area contributed by atoms with Gasteiger partial charge in [-0.2, -0.15) is 17.6 Å². The second-order valence-electron chi connectivity index (χ2n) is 1.63. The number of nitrogens with two attached hydrogens (primary N) is 2. The predicted molar refractivity (Wildman–Crippen MR) is 27.2 cm³/mol. The van der Waals surface area contributed by atoms with Gasteiger partial charge < -0.3 is 0 Å². The lowest BCUT2D eigenvalue weighted by atomic mass is 11.3. The summed E-state index contributed by atoms with van der Waals surface area (Å²) in [4.78, 5) is 0. The second kappa shape index (κ2) is 2.29. The van der Waals surface area contributed by atoms with Gasteiger partial charge in [0, 0.05) is 0 Å². The zero-order valence-corrected chi connectivity index (χ0v) is 5.71. The van der Waals surface area contributed by atoms with Crippen LogP contribution in [0, 0.1) is 0 Å². The average Bonchev–Trinajstić information content (AvgIpc) is 1.58. The number of sulfone groups is 1. The highest BCUT2D eigenvalue weighted by atomic mass is 32.2. The zero-order chi connectivity index (χ0) is 9.50. The first-order chi connectivity index (χ1) is 4.50. The van der Waals surface area contributed by atoms with E-state index >= 15 is 0 Å². The van der Waals surface area contributed by atoms with Crippen molar-refractivity contribution < 1.29 is 26.0 Å². The van der Waals surface area contributed by atoms with Crippen LogP contribution in [-0.2, 0) is 9.84 Å². The Bertz CT molecular complexity index is 216. The van der Waals surface area contributed by atoms with Crippen LogP contribution in [0.3, 0.4) is 0 Å². The van der Waals surface area contributed by atoms with Gasteiger partial charge in [-0.25, -0.2) is 8.42 Å². The van der Waals surface area contributed by atoms with Gasteiger partial charge in [0.05, 0.1) is 0 Å². The molecule has 0 atom stereocenters. The Morgan fingerprint density at radius 3 is 1.09 bits per heavy atom. The standard InChI is InChI=1S/C2H4F4N2O2S/c3-1(4,7)11(9,10)2(5,6)8/h7-8H2. The fraction of sp³-hybridized carbons (Fsp3) is 1.00. The van der Waals surface area contributed by atoms with Crippen molar-refractivity contribution >= 4 is 9.84 Å². The van der Waals surface area contributed by atoms with Crippen molar-refractivity contribution in [3.05, 3.63) is 0 Å². The van der Waals surface area contributed by atoms with Crippen LogP contribution in [0.1, 0.15) is 0 Å². The lowest BCUT2D eigenvalue weighted by Gasteiger charge is -2.15. The number of alkyl halides is 4. The fourth-order valence-corrected chi connectivity index (χ4v) is 0.544. The van der Waals surface area contributed by atoms with Crippen LogP contribution in [0.5, 0.6) is 0 Å². The minimum absolute atomic E-state index is 3.62. The summed E-state index contributed by atoms with van der Waals surface area (Å²) in [5, 5.41) is -10.0. The molecule has 0 saturated heterocycles. The summed E-state index contributed by atoms with van der Waals surface area (Å²) in [6.07, 6.45) is 0. The molecule has 0 aromatic carbocycles. The molecule has 0 radical (unpaired) electrons. The van der Waals surface area contributed by atoms with Gasteiger partial charge in [0.25, 0.3) is 0 Å². The Morgan fingerprint density at radius 2 is 1.09 bits per heavy atom. The van der Waals surface area contributed by atoms with E-state index < -0.39 is 20.6 Å². The summed E-state index contributed by atoms with van der Waals surface area (Å²) >= 11 is 0. The molecule has 0 unspecified atom stereocenters. The first-order valence-electron chi connectivity index (χ1n) is 2.07. The molecule has 4 N–H and O–H groups in total.